The Balaban J connectivity index is 1.56. The number of halogens is 2. The van der Waals surface area contributed by atoms with Gasteiger partial charge in [-0.1, -0.05) is 23.2 Å². The largest absolute Gasteiger partial charge is 0.456 e. The number of ether oxygens (including phenoxy) is 1. The van der Waals surface area contributed by atoms with E-state index in [2.05, 4.69) is 9.97 Å². The molecule has 0 spiro atoms. The predicted octanol–water partition coefficient (Wildman–Crippen LogP) is 3.69. The molecule has 4 rings (SSSR count). The Morgan fingerprint density at radius 3 is 2.88 bits per heavy atom. The van der Waals surface area contributed by atoms with Crippen LogP contribution in [0, 0.1) is 0 Å². The Bertz CT molecular complexity index is 1080. The molecule has 0 saturated carbocycles. The van der Waals surface area contributed by atoms with Gasteiger partial charge >= 0.3 is 5.97 Å². The van der Waals surface area contributed by atoms with Crippen LogP contribution >= 0.6 is 34.5 Å². The highest BCUT2D eigenvalue weighted by Crippen LogP contribution is 2.28. The maximum atomic E-state index is 12.5. The monoisotopic (exact) mass is 409 g/mol. The molecule has 3 aromatic rings. The second kappa shape index (κ2) is 6.98. The standard InChI is InChI=1S/C17H13Cl2N3O3S/c18-11-5-9(7-20-15(11)19)16(24)25-8-10-6-14(23)22-12-3-1-2-4-13(12)26-17(22)21-10/h5-7H,1-4,8H2. The van der Waals surface area contributed by atoms with Crippen molar-refractivity contribution in [1.82, 2.24) is 14.4 Å². The maximum absolute atomic E-state index is 12.5. The molecule has 0 N–H and O–H groups in total. The summed E-state index contributed by atoms with van der Waals surface area (Å²) in [5.74, 6) is -0.608. The van der Waals surface area contributed by atoms with Gasteiger partial charge in [-0.25, -0.2) is 14.8 Å². The molecule has 0 aromatic carbocycles. The smallest absolute Gasteiger partial charge is 0.340 e. The molecule has 3 heterocycles. The van der Waals surface area contributed by atoms with Crippen molar-refractivity contribution in [2.45, 2.75) is 32.3 Å². The van der Waals surface area contributed by atoms with Crippen molar-refractivity contribution in [3.05, 3.63) is 60.7 Å². The topological polar surface area (TPSA) is 73.6 Å². The number of thiazole rings is 1. The number of nitrogens with zero attached hydrogens (tertiary/aromatic N) is 3. The molecule has 0 aliphatic heterocycles. The highest BCUT2D eigenvalue weighted by atomic mass is 35.5. The van der Waals surface area contributed by atoms with Crippen LogP contribution < -0.4 is 5.56 Å². The Morgan fingerprint density at radius 1 is 1.27 bits per heavy atom. The van der Waals surface area contributed by atoms with E-state index >= 15 is 0 Å². The lowest BCUT2D eigenvalue weighted by Gasteiger charge is -2.10. The zero-order valence-electron chi connectivity index (χ0n) is 13.5. The van der Waals surface area contributed by atoms with Crippen LogP contribution in [-0.2, 0) is 24.2 Å². The van der Waals surface area contributed by atoms with E-state index in [-0.39, 0.29) is 27.9 Å². The second-order valence-corrected chi connectivity index (χ2v) is 7.78. The molecule has 3 aromatic heterocycles. The molecule has 0 saturated heterocycles. The number of aryl methyl sites for hydroxylation is 2. The van der Waals surface area contributed by atoms with Gasteiger partial charge in [0.25, 0.3) is 5.56 Å². The number of rotatable bonds is 3. The van der Waals surface area contributed by atoms with Gasteiger partial charge < -0.3 is 4.74 Å². The molecule has 0 amide bonds. The average Bonchev–Trinajstić information content (AvgIpc) is 3.00. The van der Waals surface area contributed by atoms with Crippen molar-refractivity contribution in [2.75, 3.05) is 0 Å². The van der Waals surface area contributed by atoms with E-state index in [9.17, 15) is 9.59 Å². The molecule has 9 heteroatoms. The second-order valence-electron chi connectivity index (χ2n) is 5.96. The summed E-state index contributed by atoms with van der Waals surface area (Å²) in [6.07, 6.45) is 5.39. The zero-order valence-corrected chi connectivity index (χ0v) is 15.8. The van der Waals surface area contributed by atoms with Crippen LogP contribution in [-0.4, -0.2) is 20.3 Å². The quantitative estimate of drug-likeness (QED) is 0.486. The predicted molar refractivity (Wildman–Crippen MR) is 99.4 cm³/mol. The first-order valence-corrected chi connectivity index (χ1v) is 9.61. The number of pyridine rings is 1. The first-order valence-electron chi connectivity index (χ1n) is 8.04. The molecule has 0 radical (unpaired) electrons. The summed E-state index contributed by atoms with van der Waals surface area (Å²) in [5.41, 5.74) is 1.52. The van der Waals surface area contributed by atoms with Crippen molar-refractivity contribution >= 4 is 45.5 Å². The number of carbonyl (C=O) groups excluding carboxylic acids is 1. The molecular weight excluding hydrogens is 397 g/mol. The van der Waals surface area contributed by atoms with Gasteiger partial charge in [-0.15, -0.1) is 11.3 Å². The first kappa shape index (κ1) is 17.5. The Morgan fingerprint density at radius 2 is 2.08 bits per heavy atom. The minimum atomic E-state index is -0.608. The van der Waals surface area contributed by atoms with Gasteiger partial charge in [0, 0.05) is 22.8 Å². The van der Waals surface area contributed by atoms with Crippen molar-refractivity contribution in [1.29, 1.82) is 0 Å². The van der Waals surface area contributed by atoms with Gasteiger partial charge in [0.1, 0.15) is 11.8 Å². The van der Waals surface area contributed by atoms with Crippen molar-refractivity contribution in [2.24, 2.45) is 0 Å². The molecule has 26 heavy (non-hydrogen) atoms. The van der Waals surface area contributed by atoms with E-state index in [1.54, 1.807) is 4.40 Å². The Hall–Kier alpha value is -1.96. The van der Waals surface area contributed by atoms with Gasteiger partial charge in [-0.2, -0.15) is 0 Å². The molecule has 0 bridgehead atoms. The number of hydrogen-bond acceptors (Lipinski definition) is 6. The van der Waals surface area contributed by atoms with Crippen molar-refractivity contribution in [3.63, 3.8) is 0 Å². The summed E-state index contributed by atoms with van der Waals surface area (Å²) in [6.45, 7) is -0.104. The highest BCUT2D eigenvalue weighted by molar-refractivity contribution is 7.17. The van der Waals surface area contributed by atoms with Crippen LogP contribution in [0.25, 0.3) is 4.96 Å². The van der Waals surface area contributed by atoms with Crippen LogP contribution in [0.1, 0.15) is 39.5 Å². The third kappa shape index (κ3) is 3.22. The summed E-state index contributed by atoms with van der Waals surface area (Å²) in [6, 6.07) is 2.80. The Labute approximate surface area is 162 Å². The maximum Gasteiger partial charge on any atom is 0.340 e. The SMILES string of the molecule is O=C(OCc1cc(=O)n2c3c(sc2n1)CCCC3)c1cnc(Cl)c(Cl)c1. The summed E-state index contributed by atoms with van der Waals surface area (Å²) < 4.78 is 6.90. The van der Waals surface area contributed by atoms with E-state index in [4.69, 9.17) is 27.9 Å². The van der Waals surface area contributed by atoms with Crippen LogP contribution in [0.3, 0.4) is 0 Å². The van der Waals surface area contributed by atoms with Crippen LogP contribution in [0.15, 0.2) is 23.1 Å². The first-order chi connectivity index (χ1) is 12.5. The fraction of sp³-hybridized carbons (Fsp3) is 0.294. The number of hydrogen-bond donors (Lipinski definition) is 0. The minimum absolute atomic E-state index is 0.104. The molecule has 1 aliphatic carbocycles. The molecular formula is C17H13Cl2N3O3S. The van der Waals surface area contributed by atoms with Crippen LogP contribution in [0.5, 0.6) is 0 Å². The number of fused-ring (bicyclic) bond motifs is 3. The lowest BCUT2D eigenvalue weighted by Crippen LogP contribution is -2.18. The van der Waals surface area contributed by atoms with Gasteiger partial charge in [0.15, 0.2) is 4.96 Å². The fourth-order valence-electron chi connectivity index (χ4n) is 2.97. The van der Waals surface area contributed by atoms with E-state index < -0.39 is 5.97 Å². The van der Waals surface area contributed by atoms with Gasteiger partial charge in [0.05, 0.1) is 16.3 Å². The molecule has 1 aliphatic rings. The number of carbonyl (C=O) groups is 1. The lowest BCUT2D eigenvalue weighted by molar-refractivity contribution is 0.0467. The minimum Gasteiger partial charge on any atom is -0.456 e. The molecule has 0 unspecified atom stereocenters. The molecule has 6 nitrogen and oxygen atoms in total. The third-order valence-electron chi connectivity index (χ3n) is 4.20. The number of aromatic nitrogens is 3. The van der Waals surface area contributed by atoms with Crippen molar-refractivity contribution < 1.29 is 9.53 Å². The van der Waals surface area contributed by atoms with Gasteiger partial charge in [-0.3, -0.25) is 9.20 Å². The van der Waals surface area contributed by atoms with Gasteiger partial charge in [0.2, 0.25) is 0 Å². The Kier molecular flexibility index (Phi) is 4.69. The average molecular weight is 410 g/mol. The molecule has 0 atom stereocenters. The summed E-state index contributed by atoms with van der Waals surface area (Å²) in [5, 5.41) is 0.285. The summed E-state index contributed by atoms with van der Waals surface area (Å²) >= 11 is 13.1. The normalized spacial score (nSPS) is 13.6. The van der Waals surface area contributed by atoms with E-state index in [1.165, 1.54) is 34.5 Å². The lowest BCUT2D eigenvalue weighted by atomic mass is 10.0. The fourth-order valence-corrected chi connectivity index (χ4v) is 4.47. The van der Waals surface area contributed by atoms with Crippen LogP contribution in [0.4, 0.5) is 0 Å². The molecule has 0 fully saturated rings. The highest BCUT2D eigenvalue weighted by Gasteiger charge is 2.19. The summed E-state index contributed by atoms with van der Waals surface area (Å²) in [4.78, 5) is 34.7. The molecule has 134 valence electrons. The third-order valence-corrected chi connectivity index (χ3v) is 6.03. The van der Waals surface area contributed by atoms with Crippen molar-refractivity contribution in [3.8, 4) is 0 Å². The van der Waals surface area contributed by atoms with Crippen LogP contribution in [0.2, 0.25) is 10.2 Å². The van der Waals surface area contributed by atoms with E-state index in [0.717, 1.165) is 31.4 Å². The van der Waals surface area contributed by atoms with E-state index in [0.29, 0.717) is 10.7 Å². The van der Waals surface area contributed by atoms with E-state index in [1.807, 2.05) is 0 Å². The number of esters is 1. The zero-order chi connectivity index (χ0) is 18.3. The summed E-state index contributed by atoms with van der Waals surface area (Å²) in [7, 11) is 0. The van der Waals surface area contributed by atoms with Gasteiger partial charge in [-0.05, 0) is 31.7 Å².